The number of aromatic nitrogens is 2. The van der Waals surface area contributed by atoms with Gasteiger partial charge in [-0.25, -0.2) is 10.8 Å². The molecule has 0 amide bonds. The molecule has 2 aromatic heterocycles. The van der Waals surface area contributed by atoms with Crippen molar-refractivity contribution < 1.29 is 5.11 Å². The number of nitrogen functional groups attached to an aromatic ring is 1. The number of H-pyrrole nitrogens is 1. The van der Waals surface area contributed by atoms with Gasteiger partial charge in [0.05, 0.1) is 23.7 Å². The molecular formula is C14H23N5O. The third-order valence-electron chi connectivity index (χ3n) is 3.51. The van der Waals surface area contributed by atoms with E-state index in [1.807, 2.05) is 12.3 Å². The van der Waals surface area contributed by atoms with E-state index in [2.05, 4.69) is 9.97 Å². The van der Waals surface area contributed by atoms with E-state index < -0.39 is 0 Å². The summed E-state index contributed by atoms with van der Waals surface area (Å²) in [6.45, 7) is 0. The number of aromatic amines is 1. The number of hydrazine groups is 1. The maximum atomic E-state index is 8.91. The molecule has 110 valence electrons. The molecule has 0 unspecified atom stereocenters. The van der Waals surface area contributed by atoms with E-state index in [0.717, 1.165) is 29.6 Å². The van der Waals surface area contributed by atoms with Gasteiger partial charge in [0.15, 0.2) is 0 Å². The molecule has 0 bridgehead atoms. The van der Waals surface area contributed by atoms with Crippen LogP contribution >= 0.6 is 0 Å². The van der Waals surface area contributed by atoms with Crippen molar-refractivity contribution in [1.29, 1.82) is 0 Å². The molecule has 0 aliphatic heterocycles. The zero-order valence-corrected chi connectivity index (χ0v) is 11.8. The van der Waals surface area contributed by atoms with Crippen molar-refractivity contribution in [1.82, 2.24) is 9.97 Å². The minimum atomic E-state index is 0.0359. The van der Waals surface area contributed by atoms with Gasteiger partial charge < -0.3 is 20.8 Å². The quantitative estimate of drug-likeness (QED) is 0.470. The van der Waals surface area contributed by atoms with Crippen LogP contribution in [0.25, 0.3) is 11.0 Å². The Balaban J connectivity index is 0.000000178. The maximum Gasteiger partial charge on any atom is 0.139 e. The van der Waals surface area contributed by atoms with Crippen LogP contribution in [0.3, 0.4) is 0 Å². The summed E-state index contributed by atoms with van der Waals surface area (Å²) in [5.74, 6) is 5.65. The van der Waals surface area contributed by atoms with Crippen molar-refractivity contribution in [2.24, 2.45) is 5.84 Å². The predicted molar refractivity (Wildman–Crippen MR) is 82.2 cm³/mol. The lowest BCUT2D eigenvalue weighted by Crippen LogP contribution is -2.26. The molecule has 0 spiro atoms. The topological polar surface area (TPSA) is 104 Å². The number of nitrogens with zero attached hydrogens (tertiary/aromatic N) is 2. The van der Waals surface area contributed by atoms with Crippen molar-refractivity contribution >= 4 is 22.4 Å². The molecule has 3 rings (SSSR count). The van der Waals surface area contributed by atoms with E-state index in [4.69, 9.17) is 16.7 Å². The lowest BCUT2D eigenvalue weighted by atomic mass is 9.98. The van der Waals surface area contributed by atoms with Crippen LogP contribution in [0.15, 0.2) is 18.5 Å². The summed E-state index contributed by atoms with van der Waals surface area (Å²) in [6.07, 6.45) is 9.33. The SMILES string of the molecule is CN(N)c1c(N)cnc2[nH]ccc12.OC1CCCCC1. The van der Waals surface area contributed by atoms with Crippen LogP contribution in [0, 0.1) is 0 Å². The molecule has 1 fully saturated rings. The molecular weight excluding hydrogens is 254 g/mol. The smallest absolute Gasteiger partial charge is 0.139 e. The fourth-order valence-electron chi connectivity index (χ4n) is 2.48. The zero-order chi connectivity index (χ0) is 14.5. The number of nitrogens with two attached hydrogens (primary N) is 2. The normalized spacial score (nSPS) is 15.8. The lowest BCUT2D eigenvalue weighted by Gasteiger charge is -2.15. The molecule has 0 saturated heterocycles. The average Bonchev–Trinajstić information content (AvgIpc) is 2.87. The number of anilines is 2. The van der Waals surface area contributed by atoms with Crippen LogP contribution in [0.5, 0.6) is 0 Å². The molecule has 0 radical (unpaired) electrons. The predicted octanol–water partition coefficient (Wildman–Crippen LogP) is 1.77. The summed E-state index contributed by atoms with van der Waals surface area (Å²) in [6, 6.07) is 1.90. The van der Waals surface area contributed by atoms with Gasteiger partial charge >= 0.3 is 0 Å². The summed E-state index contributed by atoms with van der Waals surface area (Å²) in [4.78, 5) is 7.11. The Hall–Kier alpha value is -1.79. The average molecular weight is 277 g/mol. The third kappa shape index (κ3) is 3.40. The highest BCUT2D eigenvalue weighted by Gasteiger charge is 2.09. The Kier molecular flexibility index (Phi) is 4.81. The van der Waals surface area contributed by atoms with Crippen LogP contribution in [0.1, 0.15) is 32.1 Å². The van der Waals surface area contributed by atoms with Gasteiger partial charge in [-0.2, -0.15) is 0 Å². The second-order valence-corrected chi connectivity index (χ2v) is 5.20. The van der Waals surface area contributed by atoms with Gasteiger partial charge in [0.1, 0.15) is 5.65 Å². The van der Waals surface area contributed by atoms with Gasteiger partial charge in [0, 0.05) is 18.6 Å². The monoisotopic (exact) mass is 277 g/mol. The number of pyridine rings is 1. The molecule has 1 aliphatic rings. The molecule has 0 atom stereocenters. The number of aliphatic hydroxyl groups is 1. The number of nitrogens with one attached hydrogen (secondary N) is 1. The molecule has 20 heavy (non-hydrogen) atoms. The first-order valence-electron chi connectivity index (χ1n) is 6.97. The fraction of sp³-hybridized carbons (Fsp3) is 0.500. The Morgan fingerprint density at radius 1 is 1.35 bits per heavy atom. The van der Waals surface area contributed by atoms with Gasteiger partial charge in [-0.05, 0) is 18.9 Å². The summed E-state index contributed by atoms with van der Waals surface area (Å²) in [5.41, 5.74) is 7.92. The highest BCUT2D eigenvalue weighted by atomic mass is 16.3. The van der Waals surface area contributed by atoms with Gasteiger partial charge in [-0.1, -0.05) is 19.3 Å². The number of hydrogen-bond donors (Lipinski definition) is 4. The van der Waals surface area contributed by atoms with Crippen LogP contribution in [0.2, 0.25) is 0 Å². The lowest BCUT2D eigenvalue weighted by molar-refractivity contribution is 0.130. The molecule has 1 saturated carbocycles. The minimum Gasteiger partial charge on any atom is -0.396 e. The van der Waals surface area contributed by atoms with E-state index in [-0.39, 0.29) is 6.10 Å². The Labute approximate surface area is 118 Å². The molecule has 1 aliphatic carbocycles. The van der Waals surface area contributed by atoms with Crippen molar-refractivity contribution in [3.8, 4) is 0 Å². The first kappa shape index (κ1) is 14.6. The molecule has 6 nitrogen and oxygen atoms in total. The highest BCUT2D eigenvalue weighted by Crippen LogP contribution is 2.28. The fourth-order valence-corrected chi connectivity index (χ4v) is 2.48. The Morgan fingerprint density at radius 2 is 2.05 bits per heavy atom. The van der Waals surface area contributed by atoms with E-state index in [0.29, 0.717) is 5.69 Å². The first-order valence-corrected chi connectivity index (χ1v) is 6.97. The number of hydrogen-bond acceptors (Lipinski definition) is 5. The van der Waals surface area contributed by atoms with Crippen LogP contribution < -0.4 is 16.6 Å². The zero-order valence-electron chi connectivity index (χ0n) is 11.8. The van der Waals surface area contributed by atoms with Crippen LogP contribution in [-0.4, -0.2) is 28.2 Å². The van der Waals surface area contributed by atoms with E-state index in [1.165, 1.54) is 24.3 Å². The van der Waals surface area contributed by atoms with Crippen LogP contribution in [0.4, 0.5) is 11.4 Å². The number of fused-ring (bicyclic) bond motifs is 1. The van der Waals surface area contributed by atoms with Gasteiger partial charge in [-0.3, -0.25) is 0 Å². The second kappa shape index (κ2) is 6.58. The molecule has 2 aromatic rings. The maximum absolute atomic E-state index is 8.91. The van der Waals surface area contributed by atoms with Gasteiger partial charge in [-0.15, -0.1) is 0 Å². The Bertz CT molecular complexity index is 545. The molecule has 6 heteroatoms. The second-order valence-electron chi connectivity index (χ2n) is 5.20. The summed E-state index contributed by atoms with van der Waals surface area (Å²) in [5, 5.41) is 11.3. The number of aliphatic hydroxyl groups excluding tert-OH is 1. The van der Waals surface area contributed by atoms with Gasteiger partial charge in [0.25, 0.3) is 0 Å². The third-order valence-corrected chi connectivity index (χ3v) is 3.51. The molecule has 6 N–H and O–H groups in total. The van der Waals surface area contributed by atoms with Crippen molar-refractivity contribution in [2.45, 2.75) is 38.2 Å². The summed E-state index contributed by atoms with van der Waals surface area (Å²) in [7, 11) is 1.75. The van der Waals surface area contributed by atoms with E-state index >= 15 is 0 Å². The van der Waals surface area contributed by atoms with Crippen molar-refractivity contribution in [3.05, 3.63) is 18.5 Å². The van der Waals surface area contributed by atoms with Crippen LogP contribution in [-0.2, 0) is 0 Å². The van der Waals surface area contributed by atoms with E-state index in [1.54, 1.807) is 13.2 Å². The summed E-state index contributed by atoms with van der Waals surface area (Å²) < 4.78 is 0. The van der Waals surface area contributed by atoms with Crippen molar-refractivity contribution in [3.63, 3.8) is 0 Å². The Morgan fingerprint density at radius 3 is 2.60 bits per heavy atom. The van der Waals surface area contributed by atoms with Gasteiger partial charge in [0.2, 0.25) is 0 Å². The number of rotatable bonds is 1. The van der Waals surface area contributed by atoms with Crippen molar-refractivity contribution in [2.75, 3.05) is 17.8 Å². The molecule has 2 heterocycles. The molecule has 0 aromatic carbocycles. The summed E-state index contributed by atoms with van der Waals surface area (Å²) >= 11 is 0. The first-order chi connectivity index (χ1) is 9.59. The standard InChI is InChI=1S/C8H11N5.C6H12O/c1-13(10)7-5-2-3-11-8(5)12-4-6(7)9;7-6-4-2-1-3-5-6/h2-4H,9-10H2,1H3,(H,11,12);6-7H,1-5H2. The minimum absolute atomic E-state index is 0.0359. The largest absolute Gasteiger partial charge is 0.396 e. The highest BCUT2D eigenvalue weighted by molar-refractivity contribution is 5.95. The van der Waals surface area contributed by atoms with E-state index in [9.17, 15) is 0 Å².